The van der Waals surface area contributed by atoms with Gasteiger partial charge in [-0.25, -0.2) is 0 Å². The summed E-state index contributed by atoms with van der Waals surface area (Å²) in [5, 5.41) is 0. The van der Waals surface area contributed by atoms with Gasteiger partial charge in [0.05, 0.1) is 36.3 Å². The van der Waals surface area contributed by atoms with E-state index in [0.29, 0.717) is 5.76 Å². The van der Waals surface area contributed by atoms with Gasteiger partial charge in [0, 0.05) is 0 Å². The number of esters is 3. The van der Waals surface area contributed by atoms with E-state index in [1.165, 1.54) is 5.57 Å². The quantitative estimate of drug-likeness (QED) is 0.362. The second-order valence-corrected chi connectivity index (χ2v) is 7.11. The first-order valence-corrected chi connectivity index (χ1v) is 8.29. The predicted molar refractivity (Wildman–Crippen MR) is 80.5 cm³/mol. The van der Waals surface area contributed by atoms with Crippen LogP contribution in [0.4, 0.5) is 0 Å². The molecular formula is C18H16O7. The first kappa shape index (κ1) is 15.0. The maximum Gasteiger partial charge on any atom is 0.320 e. The SMILES string of the molecule is C=C1OC(=O)C2C3C=C(C)C(O3)C12.O=C1OC(=O)C2C3C=CC(O3)C12. The van der Waals surface area contributed by atoms with Gasteiger partial charge in [0.2, 0.25) is 0 Å². The molecule has 6 heterocycles. The Bertz CT molecular complexity index is 750. The van der Waals surface area contributed by atoms with Crippen LogP contribution in [0.3, 0.4) is 0 Å². The Balaban J connectivity index is 0.000000112. The van der Waals surface area contributed by atoms with Crippen molar-refractivity contribution in [3.05, 3.63) is 36.1 Å². The van der Waals surface area contributed by atoms with Crippen LogP contribution in [0.5, 0.6) is 0 Å². The summed E-state index contributed by atoms with van der Waals surface area (Å²) >= 11 is 0. The summed E-state index contributed by atoms with van der Waals surface area (Å²) in [7, 11) is 0. The van der Waals surface area contributed by atoms with Crippen LogP contribution in [0.1, 0.15) is 6.92 Å². The van der Waals surface area contributed by atoms with E-state index < -0.39 is 11.9 Å². The molecule has 7 nitrogen and oxygen atoms in total. The van der Waals surface area contributed by atoms with Crippen molar-refractivity contribution < 1.29 is 33.3 Å². The van der Waals surface area contributed by atoms with E-state index in [-0.39, 0.29) is 54.1 Å². The van der Waals surface area contributed by atoms with Crippen LogP contribution in [0, 0.1) is 23.7 Å². The Hall–Kier alpha value is -2.25. The van der Waals surface area contributed by atoms with Gasteiger partial charge in [0.1, 0.15) is 17.6 Å². The van der Waals surface area contributed by atoms with E-state index in [4.69, 9.17) is 14.2 Å². The largest absolute Gasteiger partial charge is 0.431 e. The lowest BCUT2D eigenvalue weighted by Crippen LogP contribution is -2.26. The average molecular weight is 344 g/mol. The summed E-state index contributed by atoms with van der Waals surface area (Å²) in [6.45, 7) is 5.77. The molecule has 4 fully saturated rings. The Kier molecular flexibility index (Phi) is 2.94. The number of carbonyl (C=O) groups is 3. The summed E-state index contributed by atoms with van der Waals surface area (Å²) in [5.41, 5.74) is 1.20. The number of rotatable bonds is 0. The van der Waals surface area contributed by atoms with Gasteiger partial charge in [-0.2, -0.15) is 0 Å². The van der Waals surface area contributed by atoms with Crippen LogP contribution in [0.2, 0.25) is 0 Å². The Morgan fingerprint density at radius 3 is 2.00 bits per heavy atom. The zero-order valence-corrected chi connectivity index (χ0v) is 13.4. The molecule has 0 N–H and O–H groups in total. The standard InChI is InChI=1S/C10H10O3.C8H6O4/c1-4-3-6-8-7(9(4)13-6)5(2)12-10(8)11;9-7-5-3-1-2-4(11-3)6(5)8(10)12-7/h3,6-9H,2H2,1H3;1-6H. The number of cyclic esters (lactones) is 3. The van der Waals surface area contributed by atoms with E-state index in [9.17, 15) is 14.4 Å². The molecule has 4 saturated heterocycles. The van der Waals surface area contributed by atoms with Crippen LogP contribution in [-0.4, -0.2) is 42.3 Å². The summed E-state index contributed by atoms with van der Waals surface area (Å²) in [6.07, 6.45) is 5.19. The molecular weight excluding hydrogens is 328 g/mol. The third-order valence-electron chi connectivity index (χ3n) is 5.77. The molecule has 0 radical (unpaired) electrons. The molecule has 0 saturated carbocycles. The van der Waals surface area contributed by atoms with E-state index >= 15 is 0 Å². The van der Waals surface area contributed by atoms with Crippen molar-refractivity contribution in [2.45, 2.75) is 31.3 Å². The molecule has 0 aromatic rings. The van der Waals surface area contributed by atoms with Gasteiger partial charge in [-0.15, -0.1) is 0 Å². The molecule has 8 atom stereocenters. The zero-order chi connectivity index (χ0) is 17.5. The van der Waals surface area contributed by atoms with Crippen LogP contribution in [0.15, 0.2) is 36.1 Å². The number of carbonyl (C=O) groups excluding carboxylic acids is 3. The van der Waals surface area contributed by atoms with Crippen molar-refractivity contribution in [3.8, 4) is 0 Å². The number of fused-ring (bicyclic) bond motifs is 10. The van der Waals surface area contributed by atoms with Gasteiger partial charge in [0.15, 0.2) is 0 Å². The molecule has 6 aliphatic rings. The van der Waals surface area contributed by atoms with Gasteiger partial charge in [-0.05, 0) is 12.5 Å². The highest BCUT2D eigenvalue weighted by Crippen LogP contribution is 2.50. The van der Waals surface area contributed by atoms with Gasteiger partial charge in [0.25, 0.3) is 0 Å². The number of hydrogen-bond acceptors (Lipinski definition) is 7. The fraction of sp³-hybridized carbons (Fsp3) is 0.500. The Labute approximate surface area is 143 Å². The topological polar surface area (TPSA) is 88.1 Å². The van der Waals surface area contributed by atoms with E-state index in [1.54, 1.807) is 0 Å². The van der Waals surface area contributed by atoms with Crippen molar-refractivity contribution in [1.29, 1.82) is 0 Å². The third-order valence-corrected chi connectivity index (χ3v) is 5.77. The maximum atomic E-state index is 11.4. The van der Waals surface area contributed by atoms with Gasteiger partial charge in [-0.3, -0.25) is 14.4 Å². The lowest BCUT2D eigenvalue weighted by molar-refractivity contribution is -0.156. The minimum absolute atomic E-state index is 0.0361. The highest BCUT2D eigenvalue weighted by Gasteiger charge is 2.60. The fourth-order valence-electron chi connectivity index (χ4n) is 4.64. The third kappa shape index (κ3) is 1.90. The minimum Gasteiger partial charge on any atom is -0.431 e. The molecule has 0 aliphatic carbocycles. The van der Waals surface area contributed by atoms with Crippen LogP contribution in [-0.2, 0) is 33.3 Å². The molecule has 0 amide bonds. The summed E-state index contributed by atoms with van der Waals surface area (Å²) < 4.78 is 20.5. The first-order chi connectivity index (χ1) is 12.0. The van der Waals surface area contributed by atoms with Crippen LogP contribution in [0.25, 0.3) is 0 Å². The van der Waals surface area contributed by atoms with Gasteiger partial charge < -0.3 is 18.9 Å². The van der Waals surface area contributed by atoms with E-state index in [0.717, 1.165) is 0 Å². The molecule has 25 heavy (non-hydrogen) atoms. The highest BCUT2D eigenvalue weighted by molar-refractivity contribution is 5.98. The lowest BCUT2D eigenvalue weighted by Gasteiger charge is -2.15. The smallest absolute Gasteiger partial charge is 0.320 e. The minimum atomic E-state index is -0.429. The first-order valence-electron chi connectivity index (χ1n) is 8.29. The molecule has 130 valence electrons. The molecule has 7 heteroatoms. The molecule has 0 aromatic carbocycles. The fourth-order valence-corrected chi connectivity index (χ4v) is 4.64. The zero-order valence-electron chi connectivity index (χ0n) is 13.4. The molecule has 4 bridgehead atoms. The van der Waals surface area contributed by atoms with Crippen molar-refractivity contribution >= 4 is 17.9 Å². The molecule has 0 aromatic heterocycles. The monoisotopic (exact) mass is 344 g/mol. The summed E-state index contributed by atoms with van der Waals surface area (Å²) in [6, 6.07) is 0. The van der Waals surface area contributed by atoms with Gasteiger partial charge >= 0.3 is 17.9 Å². The van der Waals surface area contributed by atoms with Crippen molar-refractivity contribution in [1.82, 2.24) is 0 Å². The van der Waals surface area contributed by atoms with Crippen molar-refractivity contribution in [2.24, 2.45) is 23.7 Å². The highest BCUT2D eigenvalue weighted by atomic mass is 16.6. The molecule has 6 rings (SSSR count). The lowest BCUT2D eigenvalue weighted by atomic mass is 9.81. The Morgan fingerprint density at radius 1 is 0.800 bits per heavy atom. The molecule has 6 aliphatic heterocycles. The van der Waals surface area contributed by atoms with Crippen LogP contribution >= 0.6 is 0 Å². The van der Waals surface area contributed by atoms with E-state index in [1.807, 2.05) is 25.2 Å². The van der Waals surface area contributed by atoms with Crippen LogP contribution < -0.4 is 0 Å². The molecule has 8 unspecified atom stereocenters. The summed E-state index contributed by atoms with van der Waals surface area (Å²) in [5.74, 6) is -1.24. The Morgan fingerprint density at radius 2 is 1.36 bits per heavy atom. The second kappa shape index (κ2) is 4.89. The average Bonchev–Trinajstić information content (AvgIpc) is 3.34. The van der Waals surface area contributed by atoms with Crippen molar-refractivity contribution in [3.63, 3.8) is 0 Å². The van der Waals surface area contributed by atoms with E-state index in [2.05, 4.69) is 11.3 Å². The number of hydrogen-bond donors (Lipinski definition) is 0. The van der Waals surface area contributed by atoms with Crippen molar-refractivity contribution in [2.75, 3.05) is 0 Å². The maximum absolute atomic E-state index is 11.4. The molecule has 0 spiro atoms. The summed E-state index contributed by atoms with van der Waals surface area (Å²) in [4.78, 5) is 33.6. The van der Waals surface area contributed by atoms with Gasteiger partial charge in [-0.1, -0.05) is 24.8 Å². The second-order valence-electron chi connectivity index (χ2n) is 7.11. The number of ether oxygens (including phenoxy) is 4. The predicted octanol–water partition coefficient (Wildman–Crippen LogP) is 0.656. The normalized spacial score (nSPS) is 47.3.